The lowest BCUT2D eigenvalue weighted by molar-refractivity contribution is -0.136. The Hall–Kier alpha value is -1.84. The maximum absolute atomic E-state index is 12.9. The maximum Gasteiger partial charge on any atom is 0.230 e. The van der Waals surface area contributed by atoms with E-state index in [2.05, 4.69) is 6.92 Å². The smallest absolute Gasteiger partial charge is 0.230 e. The number of amides is 2. The van der Waals surface area contributed by atoms with Crippen LogP contribution in [-0.4, -0.2) is 36.9 Å². The lowest BCUT2D eigenvalue weighted by Gasteiger charge is -2.32. The van der Waals surface area contributed by atoms with Crippen LogP contribution in [0.2, 0.25) is 0 Å². The molecular weight excluding hydrogens is 312 g/mol. The van der Waals surface area contributed by atoms with Gasteiger partial charge in [0.15, 0.2) is 0 Å². The first-order valence-corrected chi connectivity index (χ1v) is 9.69. The van der Waals surface area contributed by atoms with E-state index in [0.29, 0.717) is 6.54 Å². The second kappa shape index (κ2) is 9.59. The predicted octanol–water partition coefficient (Wildman–Crippen LogP) is 4.10. The maximum atomic E-state index is 12.9. The molecule has 4 nitrogen and oxygen atoms in total. The van der Waals surface area contributed by atoms with Crippen molar-refractivity contribution < 1.29 is 9.59 Å². The SMILES string of the molecule is CCCCN(C)C(=O)C1CCC(C(=O)N(CC)c2ccccc2)CC1. The van der Waals surface area contributed by atoms with Crippen LogP contribution in [0.1, 0.15) is 52.4 Å². The zero-order valence-corrected chi connectivity index (χ0v) is 15.9. The molecule has 1 aliphatic rings. The summed E-state index contributed by atoms with van der Waals surface area (Å²) in [6.45, 7) is 5.68. The zero-order valence-electron chi connectivity index (χ0n) is 15.9. The molecular formula is C21H32N2O2. The lowest BCUT2D eigenvalue weighted by Crippen LogP contribution is -2.40. The lowest BCUT2D eigenvalue weighted by atomic mass is 9.80. The van der Waals surface area contributed by atoms with Gasteiger partial charge < -0.3 is 9.80 Å². The average molecular weight is 344 g/mol. The van der Waals surface area contributed by atoms with E-state index in [1.807, 2.05) is 54.1 Å². The number of anilines is 1. The van der Waals surface area contributed by atoms with Crippen molar-refractivity contribution in [2.75, 3.05) is 25.0 Å². The number of hydrogen-bond acceptors (Lipinski definition) is 2. The molecule has 0 aliphatic heterocycles. The van der Waals surface area contributed by atoms with Crippen LogP contribution in [0.25, 0.3) is 0 Å². The molecule has 0 saturated heterocycles. The van der Waals surface area contributed by atoms with Gasteiger partial charge in [0, 0.05) is 37.7 Å². The molecule has 0 aromatic heterocycles. The van der Waals surface area contributed by atoms with Gasteiger partial charge in [-0.05, 0) is 51.2 Å². The van der Waals surface area contributed by atoms with Crippen LogP contribution in [-0.2, 0) is 9.59 Å². The molecule has 0 bridgehead atoms. The molecule has 1 fully saturated rings. The Balaban J connectivity index is 1.90. The Morgan fingerprint density at radius 1 is 0.960 bits per heavy atom. The van der Waals surface area contributed by atoms with Gasteiger partial charge in [0.05, 0.1) is 0 Å². The monoisotopic (exact) mass is 344 g/mol. The summed E-state index contributed by atoms with van der Waals surface area (Å²) < 4.78 is 0. The molecule has 1 aliphatic carbocycles. The van der Waals surface area contributed by atoms with Crippen molar-refractivity contribution >= 4 is 17.5 Å². The van der Waals surface area contributed by atoms with Crippen molar-refractivity contribution in [2.45, 2.75) is 52.4 Å². The topological polar surface area (TPSA) is 40.6 Å². The average Bonchev–Trinajstić information content (AvgIpc) is 2.67. The van der Waals surface area contributed by atoms with E-state index in [4.69, 9.17) is 0 Å². The van der Waals surface area contributed by atoms with Gasteiger partial charge in [-0.25, -0.2) is 0 Å². The van der Waals surface area contributed by atoms with E-state index in [0.717, 1.165) is 50.8 Å². The van der Waals surface area contributed by atoms with Crippen LogP contribution in [0, 0.1) is 11.8 Å². The van der Waals surface area contributed by atoms with Crippen molar-refractivity contribution in [3.05, 3.63) is 30.3 Å². The number of rotatable bonds is 7. The fourth-order valence-electron chi connectivity index (χ4n) is 3.70. The van der Waals surface area contributed by atoms with Gasteiger partial charge in [0.2, 0.25) is 11.8 Å². The van der Waals surface area contributed by atoms with Crippen LogP contribution in [0.4, 0.5) is 5.69 Å². The van der Waals surface area contributed by atoms with Crippen LogP contribution in [0.3, 0.4) is 0 Å². The Kier molecular flexibility index (Phi) is 7.48. The van der Waals surface area contributed by atoms with E-state index in [-0.39, 0.29) is 23.7 Å². The first-order valence-electron chi connectivity index (χ1n) is 9.69. The second-order valence-electron chi connectivity index (χ2n) is 7.08. The minimum atomic E-state index is 0.0464. The number of para-hydroxylation sites is 1. The molecule has 1 saturated carbocycles. The van der Waals surface area contributed by atoms with Crippen molar-refractivity contribution in [1.82, 2.24) is 4.90 Å². The van der Waals surface area contributed by atoms with E-state index in [1.54, 1.807) is 0 Å². The highest BCUT2D eigenvalue weighted by atomic mass is 16.2. The summed E-state index contributed by atoms with van der Waals surface area (Å²) in [6, 6.07) is 9.87. The number of nitrogens with zero attached hydrogens (tertiary/aromatic N) is 2. The Morgan fingerprint density at radius 2 is 1.52 bits per heavy atom. The molecule has 0 unspecified atom stereocenters. The van der Waals surface area contributed by atoms with Gasteiger partial charge >= 0.3 is 0 Å². The predicted molar refractivity (Wildman–Crippen MR) is 102 cm³/mol. The summed E-state index contributed by atoms with van der Waals surface area (Å²) in [5.74, 6) is 0.608. The normalized spacial score (nSPS) is 20.1. The number of carbonyl (C=O) groups is 2. The first kappa shape index (κ1) is 19.5. The molecule has 2 amide bonds. The molecule has 0 atom stereocenters. The molecule has 1 aromatic carbocycles. The van der Waals surface area contributed by atoms with Crippen molar-refractivity contribution in [2.24, 2.45) is 11.8 Å². The van der Waals surface area contributed by atoms with E-state index in [1.165, 1.54) is 0 Å². The van der Waals surface area contributed by atoms with Gasteiger partial charge in [0.25, 0.3) is 0 Å². The molecule has 0 radical (unpaired) electrons. The number of benzene rings is 1. The molecule has 4 heteroatoms. The highest BCUT2D eigenvalue weighted by Crippen LogP contribution is 2.32. The minimum absolute atomic E-state index is 0.0464. The van der Waals surface area contributed by atoms with Crippen molar-refractivity contribution in [3.63, 3.8) is 0 Å². The van der Waals surface area contributed by atoms with Gasteiger partial charge in [0.1, 0.15) is 0 Å². The van der Waals surface area contributed by atoms with Gasteiger partial charge in [-0.1, -0.05) is 31.5 Å². The minimum Gasteiger partial charge on any atom is -0.346 e. The third-order valence-electron chi connectivity index (χ3n) is 5.30. The Morgan fingerprint density at radius 3 is 2.04 bits per heavy atom. The summed E-state index contributed by atoms with van der Waals surface area (Å²) in [6.07, 6.45) is 5.46. The molecule has 2 rings (SSSR count). The van der Waals surface area contributed by atoms with E-state index in [9.17, 15) is 9.59 Å². The Labute approximate surface area is 152 Å². The fraction of sp³-hybridized carbons (Fsp3) is 0.619. The Bertz CT molecular complexity index is 550. The number of hydrogen-bond donors (Lipinski definition) is 0. The number of carbonyl (C=O) groups excluding carboxylic acids is 2. The summed E-state index contributed by atoms with van der Waals surface area (Å²) in [7, 11) is 1.91. The second-order valence-corrected chi connectivity index (χ2v) is 7.08. The van der Waals surface area contributed by atoms with Crippen LogP contribution in [0.5, 0.6) is 0 Å². The third-order valence-corrected chi connectivity index (χ3v) is 5.30. The van der Waals surface area contributed by atoms with E-state index < -0.39 is 0 Å². The van der Waals surface area contributed by atoms with Gasteiger partial charge in [-0.2, -0.15) is 0 Å². The summed E-state index contributed by atoms with van der Waals surface area (Å²) >= 11 is 0. The van der Waals surface area contributed by atoms with Gasteiger partial charge in [-0.15, -0.1) is 0 Å². The summed E-state index contributed by atoms with van der Waals surface area (Å²) in [5.41, 5.74) is 0.965. The molecule has 138 valence electrons. The largest absolute Gasteiger partial charge is 0.346 e. The zero-order chi connectivity index (χ0) is 18.2. The first-order chi connectivity index (χ1) is 12.1. The summed E-state index contributed by atoms with van der Waals surface area (Å²) in [5, 5.41) is 0. The number of unbranched alkanes of at least 4 members (excludes halogenated alkanes) is 1. The van der Waals surface area contributed by atoms with E-state index >= 15 is 0 Å². The standard InChI is InChI=1S/C21H32N2O2/c1-4-6-16-22(3)20(24)17-12-14-18(15-13-17)21(25)23(5-2)19-10-8-7-9-11-19/h7-11,17-18H,4-6,12-16H2,1-3H3. The molecule has 0 spiro atoms. The van der Waals surface area contributed by atoms with Crippen LogP contribution >= 0.6 is 0 Å². The third kappa shape index (κ3) is 5.07. The molecule has 1 aromatic rings. The van der Waals surface area contributed by atoms with Crippen molar-refractivity contribution in [3.8, 4) is 0 Å². The fourth-order valence-corrected chi connectivity index (χ4v) is 3.70. The van der Waals surface area contributed by atoms with Gasteiger partial charge in [-0.3, -0.25) is 9.59 Å². The molecule has 0 N–H and O–H groups in total. The highest BCUT2D eigenvalue weighted by molar-refractivity contribution is 5.95. The molecule has 25 heavy (non-hydrogen) atoms. The van der Waals surface area contributed by atoms with Crippen molar-refractivity contribution in [1.29, 1.82) is 0 Å². The van der Waals surface area contributed by atoms with Crippen LogP contribution < -0.4 is 4.90 Å². The summed E-state index contributed by atoms with van der Waals surface area (Å²) in [4.78, 5) is 29.2. The van der Waals surface area contributed by atoms with Crippen LogP contribution in [0.15, 0.2) is 30.3 Å². The highest BCUT2D eigenvalue weighted by Gasteiger charge is 2.33. The quantitative estimate of drug-likeness (QED) is 0.747. The molecule has 0 heterocycles.